The molecule has 0 atom stereocenters. The summed E-state index contributed by atoms with van der Waals surface area (Å²) in [5.41, 5.74) is 7.69. The van der Waals surface area contributed by atoms with Crippen molar-refractivity contribution in [2.24, 2.45) is 0 Å². The summed E-state index contributed by atoms with van der Waals surface area (Å²) in [5.74, 6) is 2.48. The third-order valence-electron chi connectivity index (χ3n) is 7.77. The van der Waals surface area contributed by atoms with Crippen LogP contribution in [0, 0.1) is 5.82 Å². The van der Waals surface area contributed by atoms with E-state index in [1.807, 2.05) is 11.0 Å². The van der Waals surface area contributed by atoms with Gasteiger partial charge in [-0.05, 0) is 24.3 Å². The highest BCUT2D eigenvalue weighted by Crippen LogP contribution is 2.28. The topological polar surface area (TPSA) is 143 Å². The van der Waals surface area contributed by atoms with Crippen LogP contribution in [0.5, 0.6) is 5.75 Å². The lowest BCUT2D eigenvalue weighted by Crippen LogP contribution is -2.47. The van der Waals surface area contributed by atoms with Crippen LogP contribution in [0.3, 0.4) is 0 Å². The predicted octanol–water partition coefficient (Wildman–Crippen LogP) is 2.59. The second kappa shape index (κ2) is 11.2. The normalized spacial score (nSPS) is 20.1. The highest BCUT2D eigenvalue weighted by molar-refractivity contribution is 7.91. The molecule has 0 spiro atoms. The Labute approximate surface area is 246 Å². The first-order chi connectivity index (χ1) is 20.4. The van der Waals surface area contributed by atoms with Gasteiger partial charge in [-0.3, -0.25) is 14.3 Å². The molecule has 220 valence electrons. The first-order valence-electron chi connectivity index (χ1n) is 13.8. The maximum Gasteiger partial charge on any atom is 0.309 e. The van der Waals surface area contributed by atoms with Gasteiger partial charge in [0.05, 0.1) is 12.0 Å². The van der Waals surface area contributed by atoms with Gasteiger partial charge in [0.1, 0.15) is 33.9 Å². The van der Waals surface area contributed by atoms with Crippen molar-refractivity contribution in [3.05, 3.63) is 52.1 Å². The van der Waals surface area contributed by atoms with Crippen LogP contribution in [0.25, 0.3) is 27.6 Å². The molecule has 2 aliphatic heterocycles. The van der Waals surface area contributed by atoms with Gasteiger partial charge in [0.15, 0.2) is 17.1 Å². The summed E-state index contributed by atoms with van der Waals surface area (Å²) in [6.07, 6.45) is 2.98. The average molecular weight is 613 g/mol. The zero-order chi connectivity index (χ0) is 28.8. The van der Waals surface area contributed by atoms with Crippen molar-refractivity contribution in [2.45, 2.75) is 25.5 Å². The molecular weight excluding hydrogens is 583 g/mol. The molecule has 0 bridgehead atoms. The predicted molar refractivity (Wildman–Crippen MR) is 159 cm³/mol. The molecular formula is C27H29FN8O4S2. The Bertz CT molecular complexity index is 1770. The van der Waals surface area contributed by atoms with Gasteiger partial charge in [0.2, 0.25) is 11.8 Å². The first kappa shape index (κ1) is 27.2. The molecule has 12 nitrogen and oxygen atoms in total. The number of furan rings is 1. The zero-order valence-electron chi connectivity index (χ0n) is 22.6. The molecule has 7 rings (SSSR count). The molecule has 2 aliphatic rings. The Morgan fingerprint density at radius 2 is 1.93 bits per heavy atom. The second-order valence-corrected chi connectivity index (χ2v) is 13.1. The van der Waals surface area contributed by atoms with E-state index in [9.17, 15) is 9.35 Å². The number of rotatable bonds is 7. The number of ether oxygens (including phenoxy) is 1. The molecule has 0 amide bonds. The van der Waals surface area contributed by atoms with Crippen LogP contribution < -0.4 is 20.2 Å². The number of hydrogen-bond donors (Lipinski definition) is 1. The van der Waals surface area contributed by atoms with Crippen molar-refractivity contribution >= 4 is 50.1 Å². The van der Waals surface area contributed by atoms with Crippen LogP contribution >= 0.6 is 11.3 Å². The number of aromatic nitrogens is 5. The number of nitrogens with zero attached hydrogens (tertiary/aromatic N) is 7. The number of fused-ring (bicyclic) bond motifs is 3. The Morgan fingerprint density at radius 3 is 2.67 bits per heavy atom. The fourth-order valence-corrected chi connectivity index (χ4v) is 7.68. The van der Waals surface area contributed by atoms with Gasteiger partial charge < -0.3 is 24.3 Å². The molecule has 0 radical (unpaired) electrons. The van der Waals surface area contributed by atoms with E-state index in [0.717, 1.165) is 37.3 Å². The highest BCUT2D eigenvalue weighted by Gasteiger charge is 2.25. The van der Waals surface area contributed by atoms with E-state index in [-0.39, 0.29) is 22.7 Å². The molecule has 1 aromatic carbocycles. The van der Waals surface area contributed by atoms with E-state index < -0.39 is 11.2 Å². The maximum atomic E-state index is 15.0. The van der Waals surface area contributed by atoms with Gasteiger partial charge in [0, 0.05) is 58.2 Å². The quantitative estimate of drug-likeness (QED) is 0.273. The number of nitrogens with two attached hydrogens (primary N) is 1. The maximum absolute atomic E-state index is 15.0. The van der Waals surface area contributed by atoms with Crippen LogP contribution in [-0.4, -0.2) is 83.9 Å². The SMILES string of the molecule is Nc1nc2c(sc(=O)n2CCN2CCN(c3ccc(O[C@H]4CC[S@@+]([O-])CC4)cc3F)CC2)c2nc(-c3ccco3)nn12. The highest BCUT2D eigenvalue weighted by atomic mass is 32.2. The van der Waals surface area contributed by atoms with E-state index in [4.69, 9.17) is 14.9 Å². The van der Waals surface area contributed by atoms with E-state index in [0.29, 0.717) is 76.7 Å². The van der Waals surface area contributed by atoms with Crippen LogP contribution in [-0.2, 0) is 17.7 Å². The van der Waals surface area contributed by atoms with E-state index >= 15 is 4.39 Å². The molecule has 42 heavy (non-hydrogen) atoms. The van der Waals surface area contributed by atoms with Crippen molar-refractivity contribution in [2.75, 3.05) is 54.9 Å². The van der Waals surface area contributed by atoms with Gasteiger partial charge in [-0.25, -0.2) is 9.37 Å². The summed E-state index contributed by atoms with van der Waals surface area (Å²) >= 11 is 0.309. The third kappa shape index (κ3) is 5.21. The Hall–Kier alpha value is -3.66. The lowest BCUT2D eigenvalue weighted by atomic mass is 10.2. The van der Waals surface area contributed by atoms with Crippen LogP contribution in [0.4, 0.5) is 16.0 Å². The van der Waals surface area contributed by atoms with Crippen LogP contribution in [0.2, 0.25) is 0 Å². The van der Waals surface area contributed by atoms with E-state index in [2.05, 4.69) is 20.0 Å². The number of benzene rings is 1. The molecule has 4 aromatic heterocycles. The molecule has 15 heteroatoms. The molecule has 0 aliphatic carbocycles. The van der Waals surface area contributed by atoms with Gasteiger partial charge in [0.25, 0.3) is 0 Å². The number of piperazine rings is 1. The molecule has 6 heterocycles. The summed E-state index contributed by atoms with van der Waals surface area (Å²) in [6, 6.07) is 8.54. The fraction of sp³-hybridized carbons (Fsp3) is 0.407. The third-order valence-corrected chi connectivity index (χ3v) is 10.1. The van der Waals surface area contributed by atoms with Gasteiger partial charge in [-0.2, -0.15) is 9.50 Å². The molecule has 2 N–H and O–H groups in total. The van der Waals surface area contributed by atoms with Gasteiger partial charge in [-0.1, -0.05) is 22.5 Å². The van der Waals surface area contributed by atoms with E-state index in [1.165, 1.54) is 10.6 Å². The number of anilines is 2. The number of nitrogen functional groups attached to an aromatic ring is 1. The molecule has 0 saturated carbocycles. The minimum absolute atomic E-state index is 0.0161. The Kier molecular flexibility index (Phi) is 7.25. The lowest BCUT2D eigenvalue weighted by molar-refractivity contribution is 0.189. The molecule has 5 aromatic rings. The molecule has 0 unspecified atom stereocenters. The second-order valence-electron chi connectivity index (χ2n) is 10.4. The van der Waals surface area contributed by atoms with Gasteiger partial charge in [-0.15, -0.1) is 5.10 Å². The monoisotopic (exact) mass is 612 g/mol. The first-order valence-corrected chi connectivity index (χ1v) is 16.1. The van der Waals surface area contributed by atoms with Crippen molar-refractivity contribution in [3.63, 3.8) is 0 Å². The molecule has 2 saturated heterocycles. The van der Waals surface area contributed by atoms with Crippen molar-refractivity contribution in [3.8, 4) is 17.3 Å². The average Bonchev–Trinajstić information content (AvgIpc) is 3.73. The number of halogens is 1. The van der Waals surface area contributed by atoms with Crippen LogP contribution in [0.1, 0.15) is 12.8 Å². The summed E-state index contributed by atoms with van der Waals surface area (Å²) in [4.78, 5) is 26.2. The fourth-order valence-electron chi connectivity index (χ4n) is 5.49. The minimum atomic E-state index is -0.760. The minimum Gasteiger partial charge on any atom is -0.616 e. The van der Waals surface area contributed by atoms with Crippen molar-refractivity contribution in [1.29, 1.82) is 0 Å². The smallest absolute Gasteiger partial charge is 0.309 e. The summed E-state index contributed by atoms with van der Waals surface area (Å²) in [6.45, 7) is 3.85. The lowest BCUT2D eigenvalue weighted by Gasteiger charge is -2.36. The Morgan fingerprint density at radius 1 is 1.12 bits per heavy atom. The van der Waals surface area contributed by atoms with Crippen molar-refractivity contribution < 1.29 is 18.1 Å². The zero-order valence-corrected chi connectivity index (χ0v) is 24.3. The van der Waals surface area contributed by atoms with Gasteiger partial charge >= 0.3 is 4.87 Å². The number of thiazole rings is 1. The Balaban J connectivity index is 0.996. The standard InChI is InChI=1S/C27H29FN8O4S2/c28-19-16-18(40-17-5-14-42(38)15-6-17)3-4-20(19)34-10-7-33(8-11-34)9-12-35-24-22(41-27(35)37)25-30-23(21-2-1-13-39-21)32-36(25)26(29)31-24/h1-4,13,16-17H,5-12,14-15H2,(H2,29,31)/t17-,42+. The number of hydrogen-bond acceptors (Lipinski definition) is 11. The summed E-state index contributed by atoms with van der Waals surface area (Å²) in [5, 5.41) is 4.40. The summed E-state index contributed by atoms with van der Waals surface area (Å²) in [7, 11) is 0. The summed E-state index contributed by atoms with van der Waals surface area (Å²) < 4.78 is 41.6. The van der Waals surface area contributed by atoms with Crippen molar-refractivity contribution in [1.82, 2.24) is 29.0 Å². The van der Waals surface area contributed by atoms with E-state index in [1.54, 1.807) is 29.0 Å². The largest absolute Gasteiger partial charge is 0.616 e. The molecule has 2 fully saturated rings. The van der Waals surface area contributed by atoms with Crippen LogP contribution in [0.15, 0.2) is 45.8 Å².